The molecule has 4 atom stereocenters. The SMILES string of the molecule is CNCc1ccc2c(c1)[C@H](NC(=O)C(=O)Nc1ccc(Cl)c(F)c1)[C@@H](CN=C(N)N)[C@@H]2CC[C@H](O)CO. The van der Waals surface area contributed by atoms with E-state index in [0.29, 0.717) is 19.4 Å². The number of fused-ring (bicyclic) bond motifs is 1. The quantitative estimate of drug-likeness (QED) is 0.136. The molecular weight excluding hydrogens is 503 g/mol. The second kappa shape index (κ2) is 12.8. The summed E-state index contributed by atoms with van der Waals surface area (Å²) in [6.45, 7) is 0.376. The highest BCUT2D eigenvalue weighted by atomic mass is 35.5. The fourth-order valence-electron chi connectivity index (χ4n) is 4.67. The maximum atomic E-state index is 13.8. The summed E-state index contributed by atoms with van der Waals surface area (Å²) in [5.41, 5.74) is 14.0. The lowest BCUT2D eigenvalue weighted by atomic mass is 9.86. The first-order chi connectivity index (χ1) is 17.6. The van der Waals surface area contributed by atoms with Crippen LogP contribution in [0.25, 0.3) is 0 Å². The van der Waals surface area contributed by atoms with Gasteiger partial charge in [0, 0.05) is 24.7 Å². The Morgan fingerprint density at radius 1 is 1.16 bits per heavy atom. The molecule has 0 unspecified atom stereocenters. The van der Waals surface area contributed by atoms with Gasteiger partial charge in [-0.1, -0.05) is 29.8 Å². The van der Waals surface area contributed by atoms with E-state index in [9.17, 15) is 24.2 Å². The standard InChI is InChI=1S/C25H32ClFN6O4/c1-30-10-13-2-5-16-17(6-4-15(35)12-34)19(11-31-25(28)29)22(18(16)8-13)33-24(37)23(36)32-14-3-7-20(26)21(27)9-14/h2-3,5,7-9,15,17,19,22,30,34-35H,4,6,10-12H2,1H3,(H,32,36)(H,33,37)(H4,28,29,31)/t15-,17+,19-,22-/m0/s1. The Labute approximate surface area is 219 Å². The number of aliphatic hydroxyl groups is 2. The molecule has 1 aliphatic rings. The number of hydrogen-bond donors (Lipinski definition) is 7. The van der Waals surface area contributed by atoms with Gasteiger partial charge in [-0.05, 0) is 60.7 Å². The molecule has 12 heteroatoms. The minimum atomic E-state index is -0.977. The molecule has 9 N–H and O–H groups in total. The smallest absolute Gasteiger partial charge is 0.313 e. The number of carbonyl (C=O) groups excluding carboxylic acids is 2. The number of nitrogens with one attached hydrogen (secondary N) is 3. The first-order valence-electron chi connectivity index (χ1n) is 11.8. The number of amides is 2. The fourth-order valence-corrected chi connectivity index (χ4v) is 4.79. The van der Waals surface area contributed by atoms with Crippen LogP contribution < -0.4 is 27.4 Å². The van der Waals surface area contributed by atoms with Gasteiger partial charge in [-0.15, -0.1) is 0 Å². The highest BCUT2D eigenvalue weighted by Gasteiger charge is 2.42. The number of halogens is 2. The topological polar surface area (TPSA) is 175 Å². The van der Waals surface area contributed by atoms with Gasteiger partial charge in [0.25, 0.3) is 0 Å². The molecule has 2 aromatic carbocycles. The third-order valence-corrected chi connectivity index (χ3v) is 6.69. The minimum absolute atomic E-state index is 0.0816. The van der Waals surface area contributed by atoms with Crippen LogP contribution >= 0.6 is 11.6 Å². The first kappa shape index (κ1) is 28.3. The molecule has 10 nitrogen and oxygen atoms in total. The van der Waals surface area contributed by atoms with Gasteiger partial charge < -0.3 is 37.6 Å². The molecule has 37 heavy (non-hydrogen) atoms. The number of aliphatic imine (C=N–C) groups is 1. The van der Waals surface area contributed by atoms with E-state index in [0.717, 1.165) is 22.8 Å². The fraction of sp³-hybridized carbons (Fsp3) is 0.400. The Morgan fingerprint density at radius 3 is 2.57 bits per heavy atom. The molecule has 0 saturated carbocycles. The molecule has 0 radical (unpaired) electrons. The first-order valence-corrected chi connectivity index (χ1v) is 12.2. The van der Waals surface area contributed by atoms with Gasteiger partial charge in [-0.25, -0.2) is 4.39 Å². The van der Waals surface area contributed by atoms with E-state index in [1.54, 1.807) is 0 Å². The van der Waals surface area contributed by atoms with Crippen LogP contribution in [-0.4, -0.2) is 54.3 Å². The van der Waals surface area contributed by atoms with E-state index in [2.05, 4.69) is 20.9 Å². The van der Waals surface area contributed by atoms with Crippen LogP contribution in [-0.2, 0) is 16.1 Å². The van der Waals surface area contributed by atoms with Gasteiger partial charge in [0.05, 0.1) is 23.8 Å². The number of carbonyl (C=O) groups is 2. The van der Waals surface area contributed by atoms with E-state index in [1.165, 1.54) is 12.1 Å². The van der Waals surface area contributed by atoms with Crippen LogP contribution in [0.1, 0.15) is 41.5 Å². The number of hydrogen-bond acceptors (Lipinski definition) is 6. The number of guanidine groups is 1. The zero-order valence-electron chi connectivity index (χ0n) is 20.4. The summed E-state index contributed by atoms with van der Waals surface area (Å²) in [6, 6.07) is 8.94. The van der Waals surface area contributed by atoms with E-state index in [1.807, 2.05) is 25.2 Å². The zero-order chi connectivity index (χ0) is 27.1. The predicted octanol–water partition coefficient (Wildman–Crippen LogP) is 1.11. The average molecular weight is 535 g/mol. The van der Waals surface area contributed by atoms with Crippen LogP contribution in [0.2, 0.25) is 5.02 Å². The number of nitrogens with two attached hydrogens (primary N) is 2. The summed E-state index contributed by atoms with van der Waals surface area (Å²) in [5, 5.41) is 27.4. The molecule has 1 aliphatic carbocycles. The third-order valence-electron chi connectivity index (χ3n) is 6.39. The Bertz CT molecular complexity index is 1160. The molecule has 0 fully saturated rings. The highest BCUT2D eigenvalue weighted by Crippen LogP contribution is 2.48. The van der Waals surface area contributed by atoms with E-state index in [-0.39, 0.29) is 41.7 Å². The van der Waals surface area contributed by atoms with Gasteiger partial charge in [0.1, 0.15) is 5.82 Å². The van der Waals surface area contributed by atoms with E-state index >= 15 is 0 Å². The summed E-state index contributed by atoms with van der Waals surface area (Å²) in [5.74, 6) is -3.25. The molecule has 0 spiro atoms. The van der Waals surface area contributed by atoms with Crippen LogP contribution in [0.4, 0.5) is 10.1 Å². The Kier molecular flexibility index (Phi) is 9.81. The van der Waals surface area contributed by atoms with Crippen molar-refractivity contribution in [3.63, 3.8) is 0 Å². The van der Waals surface area contributed by atoms with E-state index in [4.69, 9.17) is 23.1 Å². The van der Waals surface area contributed by atoms with Crippen molar-refractivity contribution in [2.45, 2.75) is 37.5 Å². The molecule has 200 valence electrons. The van der Waals surface area contributed by atoms with Crippen molar-refractivity contribution in [2.75, 3.05) is 25.5 Å². The van der Waals surface area contributed by atoms with Gasteiger partial charge >= 0.3 is 11.8 Å². The number of benzene rings is 2. The molecule has 0 aromatic heterocycles. The molecule has 0 bridgehead atoms. The van der Waals surface area contributed by atoms with Crippen molar-refractivity contribution >= 4 is 35.1 Å². The normalized spacial score (nSPS) is 19.1. The largest absolute Gasteiger partial charge is 0.394 e. The van der Waals surface area contributed by atoms with Crippen LogP contribution in [0, 0.1) is 11.7 Å². The Morgan fingerprint density at radius 2 is 1.92 bits per heavy atom. The maximum Gasteiger partial charge on any atom is 0.313 e. The van der Waals surface area contributed by atoms with Crippen molar-refractivity contribution in [2.24, 2.45) is 22.4 Å². The number of rotatable bonds is 10. The molecule has 3 rings (SSSR count). The summed E-state index contributed by atoms with van der Waals surface area (Å²) in [4.78, 5) is 29.8. The van der Waals surface area contributed by atoms with Gasteiger partial charge in [-0.2, -0.15) is 0 Å². The lowest BCUT2D eigenvalue weighted by molar-refractivity contribution is -0.136. The maximum absolute atomic E-state index is 13.8. The molecule has 0 aliphatic heterocycles. The molecule has 2 amide bonds. The monoisotopic (exact) mass is 534 g/mol. The van der Waals surface area contributed by atoms with Crippen LogP contribution in [0.15, 0.2) is 41.4 Å². The Balaban J connectivity index is 1.91. The van der Waals surface area contributed by atoms with Crippen molar-refractivity contribution in [1.82, 2.24) is 10.6 Å². The minimum Gasteiger partial charge on any atom is -0.394 e. The van der Waals surface area contributed by atoms with Crippen molar-refractivity contribution in [1.29, 1.82) is 0 Å². The molecular formula is C25H32ClFN6O4. The van der Waals surface area contributed by atoms with Crippen molar-refractivity contribution in [3.05, 3.63) is 63.9 Å². The summed E-state index contributed by atoms with van der Waals surface area (Å²) in [6.07, 6.45) is -0.0802. The zero-order valence-corrected chi connectivity index (χ0v) is 21.1. The van der Waals surface area contributed by atoms with E-state index < -0.39 is 29.8 Å². The average Bonchev–Trinajstić information content (AvgIpc) is 3.15. The third kappa shape index (κ3) is 7.16. The molecule has 2 aromatic rings. The second-order valence-corrected chi connectivity index (χ2v) is 9.38. The lowest BCUT2D eigenvalue weighted by Crippen LogP contribution is -2.40. The van der Waals surface area contributed by atoms with Gasteiger partial charge in [0.15, 0.2) is 5.96 Å². The van der Waals surface area contributed by atoms with Crippen LogP contribution in [0.3, 0.4) is 0 Å². The van der Waals surface area contributed by atoms with Gasteiger partial charge in [-0.3, -0.25) is 14.6 Å². The summed E-state index contributed by atoms with van der Waals surface area (Å²) in [7, 11) is 1.82. The van der Waals surface area contributed by atoms with Crippen molar-refractivity contribution < 1.29 is 24.2 Å². The second-order valence-electron chi connectivity index (χ2n) is 8.98. The number of aliphatic hydroxyl groups excluding tert-OH is 2. The van der Waals surface area contributed by atoms with Gasteiger partial charge in [0.2, 0.25) is 0 Å². The molecule has 0 saturated heterocycles. The number of nitrogens with zero attached hydrogens (tertiary/aromatic N) is 1. The predicted molar refractivity (Wildman–Crippen MR) is 139 cm³/mol. The summed E-state index contributed by atoms with van der Waals surface area (Å²) < 4.78 is 13.8. The summed E-state index contributed by atoms with van der Waals surface area (Å²) >= 11 is 5.68. The highest BCUT2D eigenvalue weighted by molar-refractivity contribution is 6.39. The number of anilines is 1. The van der Waals surface area contributed by atoms with Crippen molar-refractivity contribution in [3.8, 4) is 0 Å². The Hall–Kier alpha value is -3.25. The van der Waals surface area contributed by atoms with Crippen LogP contribution in [0.5, 0.6) is 0 Å². The molecule has 0 heterocycles. The lowest BCUT2D eigenvalue weighted by Gasteiger charge is -2.25.